The minimum Gasteiger partial charge on any atom is -0.453 e. The van der Waals surface area contributed by atoms with Crippen LogP contribution in [0.25, 0.3) is 21.9 Å². The van der Waals surface area contributed by atoms with Gasteiger partial charge in [-0.1, -0.05) is 24.3 Å². The number of methoxy groups -OCH3 is 1. The van der Waals surface area contributed by atoms with Crippen molar-refractivity contribution in [2.75, 3.05) is 12.0 Å². The lowest BCUT2D eigenvalue weighted by molar-refractivity contribution is -0.127. The molecule has 6 rings (SSSR count). The number of ether oxygens (including phenoxy) is 1. The van der Waals surface area contributed by atoms with Gasteiger partial charge in [0, 0.05) is 46.8 Å². The van der Waals surface area contributed by atoms with Crippen LogP contribution in [0, 0.1) is 5.82 Å². The lowest BCUT2D eigenvalue weighted by atomic mass is 9.62. The molecule has 8 nitrogen and oxygen atoms in total. The molecule has 0 saturated heterocycles. The van der Waals surface area contributed by atoms with Gasteiger partial charge in [-0.05, 0) is 42.0 Å². The van der Waals surface area contributed by atoms with E-state index in [1.807, 2.05) is 24.3 Å². The zero-order valence-corrected chi connectivity index (χ0v) is 19.4. The Bertz CT molecular complexity index is 1500. The summed E-state index contributed by atoms with van der Waals surface area (Å²) in [4.78, 5) is 40.3. The maximum Gasteiger partial charge on any atom is 0.407 e. The van der Waals surface area contributed by atoms with Crippen LogP contribution in [-0.4, -0.2) is 40.1 Å². The van der Waals surface area contributed by atoms with Gasteiger partial charge >= 0.3 is 6.09 Å². The van der Waals surface area contributed by atoms with Crippen LogP contribution in [-0.2, 0) is 21.5 Å². The van der Waals surface area contributed by atoms with Crippen LogP contribution in [0.3, 0.4) is 0 Å². The summed E-state index contributed by atoms with van der Waals surface area (Å²) >= 11 is 0. The van der Waals surface area contributed by atoms with E-state index < -0.39 is 11.5 Å². The number of nitrogens with one attached hydrogen (secondary N) is 1. The summed E-state index contributed by atoms with van der Waals surface area (Å²) in [5.41, 5.74) is 3.24. The summed E-state index contributed by atoms with van der Waals surface area (Å²) in [7, 11) is 1.32. The minimum atomic E-state index is -0.696. The fraction of sp³-hybridized carbons (Fsp3) is 0.222. The van der Waals surface area contributed by atoms with Crippen LogP contribution < -0.4 is 10.2 Å². The van der Waals surface area contributed by atoms with Crippen molar-refractivity contribution in [1.29, 1.82) is 0 Å². The topological polar surface area (TPSA) is 97.3 Å². The molecule has 0 unspecified atom stereocenters. The molecule has 0 atom stereocenters. The number of rotatable bonds is 4. The maximum atomic E-state index is 13.9. The molecule has 3 heterocycles. The number of nitrogens with zero attached hydrogens (tertiary/aromatic N) is 4. The highest BCUT2D eigenvalue weighted by Gasteiger charge is 2.58. The summed E-state index contributed by atoms with van der Waals surface area (Å²) in [5, 5.41) is 4.25. The predicted molar refractivity (Wildman–Crippen MR) is 131 cm³/mol. The number of amides is 2. The number of carbonyl (C=O) groups excluding carboxylic acids is 2. The molecule has 2 aromatic heterocycles. The minimum absolute atomic E-state index is 0.0251. The third kappa shape index (κ3) is 3.38. The fourth-order valence-electron chi connectivity index (χ4n) is 5.51. The molecule has 2 aromatic carbocycles. The zero-order chi connectivity index (χ0) is 24.9. The van der Waals surface area contributed by atoms with E-state index in [4.69, 9.17) is 4.74 Å². The molecule has 2 amide bonds. The van der Waals surface area contributed by atoms with Gasteiger partial charge in [-0.2, -0.15) is 0 Å². The van der Waals surface area contributed by atoms with Crippen LogP contribution in [0.15, 0.2) is 67.4 Å². The molecule has 1 saturated carbocycles. The second-order valence-corrected chi connectivity index (χ2v) is 9.17. The van der Waals surface area contributed by atoms with Crippen LogP contribution in [0.5, 0.6) is 0 Å². The van der Waals surface area contributed by atoms with Crippen molar-refractivity contribution >= 4 is 28.5 Å². The number of alkyl carbamates (subject to hydrolysis) is 1. The smallest absolute Gasteiger partial charge is 0.407 e. The van der Waals surface area contributed by atoms with Gasteiger partial charge in [-0.25, -0.2) is 19.2 Å². The summed E-state index contributed by atoms with van der Waals surface area (Å²) in [6.45, 7) is 0.226. The highest BCUT2D eigenvalue weighted by atomic mass is 19.1. The Morgan fingerprint density at radius 3 is 2.72 bits per heavy atom. The highest BCUT2D eigenvalue weighted by molar-refractivity contribution is 6.09. The number of fused-ring (bicyclic) bond motifs is 3. The molecule has 1 aliphatic carbocycles. The first-order chi connectivity index (χ1) is 17.5. The fourth-order valence-corrected chi connectivity index (χ4v) is 5.51. The lowest BCUT2D eigenvalue weighted by Gasteiger charge is -2.43. The number of carbonyl (C=O) groups is 2. The number of hydrogen-bond acceptors (Lipinski definition) is 6. The van der Waals surface area contributed by atoms with Crippen LogP contribution in [0.4, 0.5) is 14.9 Å². The van der Waals surface area contributed by atoms with Gasteiger partial charge in [-0.15, -0.1) is 0 Å². The number of aromatic nitrogens is 3. The number of benzene rings is 2. The number of halogens is 1. The SMILES string of the molecule is COC(=O)N[C@H]1C[C@]2(C1)C(=O)N(Cc1ncc3cc(F)ccc3c1-c1cncnc1)c1ccccc12. The van der Waals surface area contributed by atoms with Gasteiger partial charge in [0.05, 0.1) is 24.8 Å². The molecular weight excluding hydrogens is 461 g/mol. The molecule has 2 aliphatic rings. The van der Waals surface area contributed by atoms with Gasteiger partial charge in [0.1, 0.15) is 12.1 Å². The monoisotopic (exact) mass is 483 g/mol. The molecule has 36 heavy (non-hydrogen) atoms. The Morgan fingerprint density at radius 2 is 1.94 bits per heavy atom. The first-order valence-electron chi connectivity index (χ1n) is 11.6. The summed E-state index contributed by atoms with van der Waals surface area (Å²) in [5.74, 6) is -0.374. The molecular formula is C27H22FN5O3. The van der Waals surface area contributed by atoms with Crippen LogP contribution in [0.1, 0.15) is 24.1 Å². The van der Waals surface area contributed by atoms with Crippen molar-refractivity contribution in [2.45, 2.75) is 30.8 Å². The van der Waals surface area contributed by atoms with E-state index in [0.717, 1.165) is 27.8 Å². The van der Waals surface area contributed by atoms with Crippen molar-refractivity contribution in [3.63, 3.8) is 0 Å². The third-order valence-electron chi connectivity index (χ3n) is 7.15. The molecule has 0 radical (unpaired) electrons. The van der Waals surface area contributed by atoms with Gasteiger partial charge in [0.25, 0.3) is 0 Å². The van der Waals surface area contributed by atoms with E-state index in [1.165, 1.54) is 25.6 Å². The Kier molecular flexibility index (Phi) is 5.13. The second kappa shape index (κ2) is 8.37. The van der Waals surface area contributed by atoms with E-state index in [2.05, 4.69) is 20.3 Å². The second-order valence-electron chi connectivity index (χ2n) is 9.17. The van der Waals surface area contributed by atoms with Crippen molar-refractivity contribution in [1.82, 2.24) is 20.3 Å². The van der Waals surface area contributed by atoms with Crippen molar-refractivity contribution < 1.29 is 18.7 Å². The van der Waals surface area contributed by atoms with Crippen molar-refractivity contribution in [3.8, 4) is 11.1 Å². The van der Waals surface area contributed by atoms with E-state index >= 15 is 0 Å². The Hall–Kier alpha value is -4.40. The van der Waals surface area contributed by atoms with Gasteiger partial charge in [-0.3, -0.25) is 9.78 Å². The predicted octanol–water partition coefficient (Wildman–Crippen LogP) is 4.13. The molecule has 4 aromatic rings. The normalized spacial score (nSPS) is 20.3. The van der Waals surface area contributed by atoms with Crippen molar-refractivity contribution in [3.05, 3.63) is 84.5 Å². The van der Waals surface area contributed by atoms with Gasteiger partial charge in [0.2, 0.25) is 5.91 Å². The first-order valence-corrected chi connectivity index (χ1v) is 11.6. The number of anilines is 1. The standard InChI is InChI=1S/C27H22FN5O3/c1-36-26(35)32-19-9-27(10-19)21-4-2-3-5-23(21)33(25(27)34)14-22-24(17-11-29-15-30-12-17)20-7-6-18(28)8-16(20)13-31-22/h2-8,11-13,15,19H,9-10,14H2,1H3,(H,32,35)/t19-,27+. The molecule has 180 valence electrons. The Balaban J connectivity index is 1.41. The van der Waals surface area contributed by atoms with Crippen LogP contribution in [0.2, 0.25) is 0 Å². The van der Waals surface area contributed by atoms with Crippen molar-refractivity contribution in [2.24, 2.45) is 0 Å². The molecule has 1 aliphatic heterocycles. The average Bonchev–Trinajstić information content (AvgIpc) is 3.12. The summed E-state index contributed by atoms with van der Waals surface area (Å²) < 4.78 is 18.7. The third-order valence-corrected chi connectivity index (χ3v) is 7.15. The Labute approximate surface area is 206 Å². The van der Waals surface area contributed by atoms with E-state index in [-0.39, 0.29) is 24.3 Å². The molecule has 1 spiro atoms. The Morgan fingerprint density at radius 1 is 1.17 bits per heavy atom. The first kappa shape index (κ1) is 22.1. The zero-order valence-electron chi connectivity index (χ0n) is 19.4. The van der Waals surface area contributed by atoms with Gasteiger partial charge < -0.3 is 15.0 Å². The molecule has 9 heteroatoms. The van der Waals surface area contributed by atoms with Gasteiger partial charge in [0.15, 0.2) is 0 Å². The van der Waals surface area contributed by atoms with E-state index in [0.29, 0.717) is 23.9 Å². The number of pyridine rings is 1. The highest BCUT2D eigenvalue weighted by Crippen LogP contribution is 2.54. The molecule has 1 fully saturated rings. The van der Waals surface area contributed by atoms with Crippen LogP contribution >= 0.6 is 0 Å². The summed E-state index contributed by atoms with van der Waals surface area (Å²) in [6.07, 6.45) is 6.94. The van der Waals surface area contributed by atoms with E-state index in [1.54, 1.807) is 29.6 Å². The number of hydrogen-bond donors (Lipinski definition) is 1. The lowest BCUT2D eigenvalue weighted by Crippen LogP contribution is -2.57. The maximum absolute atomic E-state index is 13.9. The average molecular weight is 484 g/mol. The number of para-hydroxylation sites is 1. The molecule has 1 N–H and O–H groups in total. The largest absolute Gasteiger partial charge is 0.453 e. The summed E-state index contributed by atoms with van der Waals surface area (Å²) in [6, 6.07) is 12.2. The molecule has 0 bridgehead atoms. The quantitative estimate of drug-likeness (QED) is 0.469. The van der Waals surface area contributed by atoms with E-state index in [9.17, 15) is 14.0 Å².